The highest BCUT2D eigenvalue weighted by atomic mass is 79.9. The highest BCUT2D eigenvalue weighted by Gasteiger charge is 1.96. The summed E-state index contributed by atoms with van der Waals surface area (Å²) in [6, 6.07) is 6.18. The van der Waals surface area contributed by atoms with Crippen molar-refractivity contribution in [2.45, 2.75) is 13.8 Å². The molecule has 0 aliphatic rings. The van der Waals surface area contributed by atoms with Crippen molar-refractivity contribution in [2.75, 3.05) is 11.9 Å². The molecule has 1 N–H and O–H groups in total. The topological polar surface area (TPSA) is 12.0 Å². The molecular formula is C11H13BrClN. The van der Waals surface area contributed by atoms with Crippen LogP contribution in [0.5, 0.6) is 0 Å². The van der Waals surface area contributed by atoms with E-state index in [1.54, 1.807) is 5.54 Å². The maximum Gasteiger partial charge on any atom is 0.0369 e. The number of halogens is 2. The third kappa shape index (κ3) is 3.35. The minimum Gasteiger partial charge on any atom is -0.381 e. The maximum absolute atomic E-state index is 5.57. The minimum atomic E-state index is 0.782. The summed E-state index contributed by atoms with van der Waals surface area (Å²) in [5.41, 5.74) is 5.05. The summed E-state index contributed by atoms with van der Waals surface area (Å²) < 4.78 is 1.13. The molecule has 0 spiro atoms. The number of rotatable bonds is 3. The van der Waals surface area contributed by atoms with E-state index in [4.69, 9.17) is 11.6 Å². The van der Waals surface area contributed by atoms with E-state index in [0.29, 0.717) is 0 Å². The molecule has 14 heavy (non-hydrogen) atoms. The molecule has 1 aromatic rings. The zero-order valence-electron chi connectivity index (χ0n) is 8.27. The van der Waals surface area contributed by atoms with E-state index < -0.39 is 0 Å². The lowest BCUT2D eigenvalue weighted by Gasteiger charge is -2.07. The van der Waals surface area contributed by atoms with Crippen LogP contribution in [0, 0.1) is 6.92 Å². The van der Waals surface area contributed by atoms with Crippen LogP contribution in [-0.2, 0) is 0 Å². The van der Waals surface area contributed by atoms with Crippen molar-refractivity contribution in [1.82, 2.24) is 0 Å². The molecule has 76 valence electrons. The largest absolute Gasteiger partial charge is 0.381 e. The summed E-state index contributed by atoms with van der Waals surface area (Å²) in [6.07, 6.45) is 0. The molecule has 1 rings (SSSR count). The molecule has 0 saturated carbocycles. The van der Waals surface area contributed by atoms with Gasteiger partial charge in [0, 0.05) is 22.2 Å². The van der Waals surface area contributed by atoms with E-state index in [-0.39, 0.29) is 0 Å². The van der Waals surface area contributed by atoms with Crippen LogP contribution in [0.25, 0.3) is 0 Å². The van der Waals surface area contributed by atoms with Crippen molar-refractivity contribution in [2.24, 2.45) is 0 Å². The summed E-state index contributed by atoms with van der Waals surface area (Å²) in [5, 5.41) is 3.29. The van der Waals surface area contributed by atoms with Crippen molar-refractivity contribution in [3.05, 3.63) is 39.3 Å². The molecule has 0 fully saturated rings. The van der Waals surface area contributed by atoms with E-state index >= 15 is 0 Å². The van der Waals surface area contributed by atoms with Gasteiger partial charge in [-0.25, -0.2) is 0 Å². The quantitative estimate of drug-likeness (QED) is 0.866. The van der Waals surface area contributed by atoms with Gasteiger partial charge in [0.1, 0.15) is 0 Å². The van der Waals surface area contributed by atoms with Crippen LogP contribution in [0.1, 0.15) is 12.5 Å². The third-order valence-electron chi connectivity index (χ3n) is 1.92. The van der Waals surface area contributed by atoms with Gasteiger partial charge in [0.15, 0.2) is 0 Å². The number of nitrogens with one attached hydrogen (secondary N) is 1. The Labute approximate surface area is 98.3 Å². The van der Waals surface area contributed by atoms with Crippen molar-refractivity contribution in [3.63, 3.8) is 0 Å². The van der Waals surface area contributed by atoms with E-state index in [1.807, 2.05) is 19.1 Å². The molecule has 0 heterocycles. The molecular weight excluding hydrogens is 261 g/mol. The molecule has 0 radical (unpaired) electrons. The first-order valence-electron chi connectivity index (χ1n) is 4.39. The second-order valence-electron chi connectivity index (χ2n) is 3.27. The number of benzene rings is 1. The van der Waals surface area contributed by atoms with Crippen molar-refractivity contribution < 1.29 is 0 Å². The second-order valence-corrected chi connectivity index (χ2v) is 4.35. The van der Waals surface area contributed by atoms with Gasteiger partial charge in [-0.1, -0.05) is 27.5 Å². The molecule has 0 aliphatic carbocycles. The molecule has 0 atom stereocenters. The lowest BCUT2D eigenvalue weighted by Crippen LogP contribution is -2.02. The average Bonchev–Trinajstić information content (AvgIpc) is 2.19. The normalized spacial score (nSPS) is 11.6. The Balaban J connectivity index is 2.64. The summed E-state index contributed by atoms with van der Waals surface area (Å²) in [4.78, 5) is 0. The molecule has 1 nitrogen and oxygen atoms in total. The van der Waals surface area contributed by atoms with Gasteiger partial charge in [-0.15, -0.1) is 0 Å². The fourth-order valence-electron chi connectivity index (χ4n) is 1.03. The van der Waals surface area contributed by atoms with E-state index in [1.165, 1.54) is 5.56 Å². The first-order chi connectivity index (χ1) is 6.63. The molecule has 0 saturated heterocycles. The Hall–Kier alpha value is -0.470. The Morgan fingerprint density at radius 3 is 2.86 bits per heavy atom. The second kappa shape index (κ2) is 5.42. The van der Waals surface area contributed by atoms with Gasteiger partial charge in [0.2, 0.25) is 0 Å². The standard InChI is InChI=1S/C11H13BrClN/c1-8(6-13)7-14-10-3-4-11(12)9(2)5-10/h3-6,14H,7H2,1-2H3/b8-6-. The highest BCUT2D eigenvalue weighted by molar-refractivity contribution is 9.10. The Bertz CT molecular complexity index is 347. The van der Waals surface area contributed by atoms with Crippen LogP contribution in [-0.4, -0.2) is 6.54 Å². The Morgan fingerprint density at radius 2 is 2.29 bits per heavy atom. The van der Waals surface area contributed by atoms with Gasteiger partial charge in [-0.3, -0.25) is 0 Å². The SMILES string of the molecule is C/C(=C/Cl)CNc1ccc(Br)c(C)c1. The van der Waals surface area contributed by atoms with Crippen LogP contribution < -0.4 is 5.32 Å². The molecule has 3 heteroatoms. The first kappa shape index (κ1) is 11.6. The fourth-order valence-corrected chi connectivity index (χ4v) is 1.36. The number of hydrogen-bond acceptors (Lipinski definition) is 1. The predicted octanol–water partition coefficient (Wildman–Crippen LogP) is 4.31. The van der Waals surface area contributed by atoms with Gasteiger partial charge in [0.05, 0.1) is 0 Å². The average molecular weight is 275 g/mol. The molecule has 0 aliphatic heterocycles. The fraction of sp³-hybridized carbons (Fsp3) is 0.273. The molecule has 0 amide bonds. The number of hydrogen-bond donors (Lipinski definition) is 1. The van der Waals surface area contributed by atoms with Crippen LogP contribution >= 0.6 is 27.5 Å². The summed E-state index contributed by atoms with van der Waals surface area (Å²) >= 11 is 9.03. The van der Waals surface area contributed by atoms with Crippen LogP contribution in [0.3, 0.4) is 0 Å². The van der Waals surface area contributed by atoms with E-state index in [0.717, 1.165) is 22.3 Å². The lowest BCUT2D eigenvalue weighted by molar-refractivity contribution is 1.21. The smallest absolute Gasteiger partial charge is 0.0369 e. The zero-order chi connectivity index (χ0) is 10.6. The third-order valence-corrected chi connectivity index (χ3v) is 3.18. The van der Waals surface area contributed by atoms with Gasteiger partial charge in [0.25, 0.3) is 0 Å². The number of anilines is 1. The Morgan fingerprint density at radius 1 is 1.57 bits per heavy atom. The minimum absolute atomic E-state index is 0.782. The number of aryl methyl sites for hydroxylation is 1. The van der Waals surface area contributed by atoms with Crippen molar-refractivity contribution in [3.8, 4) is 0 Å². The van der Waals surface area contributed by atoms with Gasteiger partial charge in [-0.05, 0) is 43.2 Å². The van der Waals surface area contributed by atoms with Crippen molar-refractivity contribution >= 4 is 33.2 Å². The van der Waals surface area contributed by atoms with Crippen LogP contribution in [0.2, 0.25) is 0 Å². The molecule has 1 aromatic carbocycles. The summed E-state index contributed by atoms with van der Waals surface area (Å²) in [7, 11) is 0. The molecule has 0 unspecified atom stereocenters. The maximum atomic E-state index is 5.57. The lowest BCUT2D eigenvalue weighted by atomic mass is 10.2. The van der Waals surface area contributed by atoms with E-state index in [2.05, 4.69) is 34.2 Å². The van der Waals surface area contributed by atoms with Gasteiger partial charge in [-0.2, -0.15) is 0 Å². The van der Waals surface area contributed by atoms with Gasteiger partial charge >= 0.3 is 0 Å². The van der Waals surface area contributed by atoms with Crippen LogP contribution in [0.4, 0.5) is 5.69 Å². The Kier molecular flexibility index (Phi) is 4.49. The van der Waals surface area contributed by atoms with Crippen molar-refractivity contribution in [1.29, 1.82) is 0 Å². The molecule has 0 aromatic heterocycles. The van der Waals surface area contributed by atoms with Gasteiger partial charge < -0.3 is 5.32 Å². The predicted molar refractivity (Wildman–Crippen MR) is 67.0 cm³/mol. The van der Waals surface area contributed by atoms with Crippen LogP contribution in [0.15, 0.2) is 33.8 Å². The summed E-state index contributed by atoms with van der Waals surface area (Å²) in [5.74, 6) is 0. The first-order valence-corrected chi connectivity index (χ1v) is 5.62. The molecule has 0 bridgehead atoms. The van der Waals surface area contributed by atoms with E-state index in [9.17, 15) is 0 Å². The highest BCUT2D eigenvalue weighted by Crippen LogP contribution is 2.20. The monoisotopic (exact) mass is 273 g/mol. The zero-order valence-corrected chi connectivity index (χ0v) is 10.6. The summed E-state index contributed by atoms with van der Waals surface area (Å²) in [6.45, 7) is 4.84.